The molecule has 0 aromatic carbocycles. The standard InChI is InChI=1S/C11H22N2O/c1-4-6-7-8-9-11(3)12-13(14)10-5-2/h5,10-11H,4,6-9H2,1-3H3/b10-5+,13-12?. The maximum Gasteiger partial charge on any atom is 0.205 e. The molecule has 3 heteroatoms. The summed E-state index contributed by atoms with van der Waals surface area (Å²) in [6.45, 7) is 5.99. The molecule has 1 atom stereocenters. The normalized spacial score (nSPS) is 14.9. The van der Waals surface area contributed by atoms with Gasteiger partial charge in [-0.2, -0.15) is 0 Å². The number of nitrogens with zero attached hydrogens (tertiary/aromatic N) is 2. The minimum Gasteiger partial charge on any atom is -0.595 e. The van der Waals surface area contributed by atoms with Gasteiger partial charge < -0.3 is 5.21 Å². The summed E-state index contributed by atoms with van der Waals surface area (Å²) >= 11 is 0. The number of hydroxylamine groups is 1. The average Bonchev–Trinajstić information content (AvgIpc) is 2.13. The second-order valence-corrected chi connectivity index (χ2v) is 3.60. The van der Waals surface area contributed by atoms with Gasteiger partial charge in [-0.3, -0.25) is 0 Å². The van der Waals surface area contributed by atoms with Crippen molar-refractivity contribution in [3.05, 3.63) is 17.5 Å². The van der Waals surface area contributed by atoms with Crippen molar-refractivity contribution < 1.29 is 4.86 Å². The van der Waals surface area contributed by atoms with Crippen molar-refractivity contribution in [2.75, 3.05) is 0 Å². The molecule has 0 saturated carbocycles. The Balaban J connectivity index is 3.63. The lowest BCUT2D eigenvalue weighted by Crippen LogP contribution is -2.02. The summed E-state index contributed by atoms with van der Waals surface area (Å²) in [5.74, 6) is 0. The molecule has 0 aromatic rings. The summed E-state index contributed by atoms with van der Waals surface area (Å²) in [6, 6.07) is 0.139. The molecule has 0 aliphatic rings. The van der Waals surface area contributed by atoms with Gasteiger partial charge in [-0.25, -0.2) is 0 Å². The Labute approximate surface area is 87.1 Å². The van der Waals surface area contributed by atoms with Crippen molar-refractivity contribution in [3.63, 3.8) is 0 Å². The fourth-order valence-electron chi connectivity index (χ4n) is 1.28. The first-order valence-corrected chi connectivity index (χ1v) is 5.50. The number of unbranched alkanes of at least 4 members (excludes halogenated alkanes) is 3. The third-order valence-corrected chi connectivity index (χ3v) is 2.06. The zero-order valence-electron chi connectivity index (χ0n) is 9.57. The molecule has 0 aromatic heterocycles. The first-order chi connectivity index (χ1) is 6.70. The van der Waals surface area contributed by atoms with Crippen LogP contribution in [0.1, 0.15) is 52.9 Å². The Hall–Kier alpha value is -0.860. The Morgan fingerprint density at radius 3 is 2.64 bits per heavy atom. The van der Waals surface area contributed by atoms with Gasteiger partial charge >= 0.3 is 0 Å². The maximum atomic E-state index is 11.0. The van der Waals surface area contributed by atoms with Gasteiger partial charge in [-0.15, -0.1) is 0 Å². The third-order valence-electron chi connectivity index (χ3n) is 2.06. The Bertz CT molecular complexity index is 188. The van der Waals surface area contributed by atoms with Crippen molar-refractivity contribution in [2.45, 2.75) is 58.9 Å². The van der Waals surface area contributed by atoms with E-state index < -0.39 is 0 Å². The van der Waals surface area contributed by atoms with E-state index in [1.165, 1.54) is 31.9 Å². The van der Waals surface area contributed by atoms with Crippen LogP contribution in [0.25, 0.3) is 0 Å². The highest BCUT2D eigenvalue weighted by Crippen LogP contribution is 2.07. The first kappa shape index (κ1) is 13.1. The summed E-state index contributed by atoms with van der Waals surface area (Å²) in [4.78, 5) is 0.657. The SMILES string of the molecule is C/C=C/[N+]([O-])=NC(C)CCCCCC. The summed E-state index contributed by atoms with van der Waals surface area (Å²) < 4.78 is 0. The van der Waals surface area contributed by atoms with Gasteiger partial charge in [0.1, 0.15) is 6.04 Å². The summed E-state index contributed by atoms with van der Waals surface area (Å²) in [5, 5.41) is 15.0. The fraction of sp³-hybridized carbons (Fsp3) is 0.818. The molecule has 14 heavy (non-hydrogen) atoms. The van der Waals surface area contributed by atoms with Crippen LogP contribution in [0.4, 0.5) is 0 Å². The van der Waals surface area contributed by atoms with Crippen LogP contribution in [0, 0.1) is 5.21 Å². The Kier molecular flexibility index (Phi) is 8.19. The van der Waals surface area contributed by atoms with Crippen LogP contribution in [-0.2, 0) is 0 Å². The maximum absolute atomic E-state index is 11.0. The van der Waals surface area contributed by atoms with Crippen molar-refractivity contribution in [1.82, 2.24) is 0 Å². The van der Waals surface area contributed by atoms with Crippen LogP contribution in [0.2, 0.25) is 0 Å². The van der Waals surface area contributed by atoms with Gasteiger partial charge in [-0.1, -0.05) is 37.5 Å². The molecule has 0 amide bonds. The number of hydrogen-bond acceptors (Lipinski definition) is 2. The lowest BCUT2D eigenvalue weighted by atomic mass is 10.1. The van der Waals surface area contributed by atoms with Crippen molar-refractivity contribution in [3.8, 4) is 0 Å². The molecule has 3 nitrogen and oxygen atoms in total. The largest absolute Gasteiger partial charge is 0.595 e. The van der Waals surface area contributed by atoms with E-state index in [-0.39, 0.29) is 6.04 Å². The second-order valence-electron chi connectivity index (χ2n) is 3.60. The molecule has 0 heterocycles. The summed E-state index contributed by atoms with van der Waals surface area (Å²) in [7, 11) is 0. The van der Waals surface area contributed by atoms with Gasteiger partial charge in [0.05, 0.1) is 0 Å². The molecular formula is C11H22N2O. The first-order valence-electron chi connectivity index (χ1n) is 5.50. The Morgan fingerprint density at radius 1 is 1.36 bits per heavy atom. The molecule has 0 aliphatic heterocycles. The van der Waals surface area contributed by atoms with Crippen LogP contribution >= 0.6 is 0 Å². The summed E-state index contributed by atoms with van der Waals surface area (Å²) in [6.07, 6.45) is 9.08. The minimum absolute atomic E-state index is 0.139. The number of rotatable bonds is 7. The van der Waals surface area contributed by atoms with Gasteiger partial charge in [0.25, 0.3) is 0 Å². The van der Waals surface area contributed by atoms with Crippen LogP contribution in [0.5, 0.6) is 0 Å². The molecule has 82 valence electrons. The van der Waals surface area contributed by atoms with E-state index in [1.807, 2.05) is 13.8 Å². The lowest BCUT2D eigenvalue weighted by Gasteiger charge is -2.03. The molecule has 0 rings (SSSR count). The zero-order chi connectivity index (χ0) is 10.8. The highest BCUT2D eigenvalue weighted by molar-refractivity contribution is 4.63. The molecule has 0 N–H and O–H groups in total. The van der Waals surface area contributed by atoms with Crippen molar-refractivity contribution in [2.24, 2.45) is 5.11 Å². The van der Waals surface area contributed by atoms with Crippen LogP contribution in [-0.4, -0.2) is 10.9 Å². The molecule has 0 bridgehead atoms. The fourth-order valence-corrected chi connectivity index (χ4v) is 1.28. The van der Waals surface area contributed by atoms with E-state index in [0.717, 1.165) is 6.42 Å². The monoisotopic (exact) mass is 198 g/mol. The lowest BCUT2D eigenvalue weighted by molar-refractivity contribution is -0.462. The number of azo groups is 1. The molecular weight excluding hydrogens is 176 g/mol. The summed E-state index contributed by atoms with van der Waals surface area (Å²) in [5.41, 5.74) is 0. The van der Waals surface area contributed by atoms with E-state index in [0.29, 0.717) is 4.86 Å². The second kappa shape index (κ2) is 8.73. The zero-order valence-corrected chi connectivity index (χ0v) is 9.57. The highest BCUT2D eigenvalue weighted by Gasteiger charge is 2.02. The van der Waals surface area contributed by atoms with Crippen LogP contribution in [0.15, 0.2) is 17.4 Å². The van der Waals surface area contributed by atoms with Crippen LogP contribution in [0.3, 0.4) is 0 Å². The van der Waals surface area contributed by atoms with Crippen molar-refractivity contribution >= 4 is 0 Å². The highest BCUT2D eigenvalue weighted by atomic mass is 16.5. The average molecular weight is 198 g/mol. The van der Waals surface area contributed by atoms with Gasteiger partial charge in [0.2, 0.25) is 6.20 Å². The van der Waals surface area contributed by atoms with Gasteiger partial charge in [0, 0.05) is 0 Å². The molecule has 0 fully saturated rings. The van der Waals surface area contributed by atoms with E-state index in [9.17, 15) is 5.21 Å². The molecule has 0 aliphatic carbocycles. The molecule has 0 saturated heterocycles. The number of allylic oxidation sites excluding steroid dienone is 1. The Morgan fingerprint density at radius 2 is 2.07 bits per heavy atom. The predicted molar refractivity (Wildman–Crippen MR) is 59.1 cm³/mol. The van der Waals surface area contributed by atoms with E-state index in [1.54, 1.807) is 6.08 Å². The molecule has 0 radical (unpaired) electrons. The van der Waals surface area contributed by atoms with E-state index in [2.05, 4.69) is 12.0 Å². The number of hydrogen-bond donors (Lipinski definition) is 0. The third kappa shape index (κ3) is 7.77. The predicted octanol–water partition coefficient (Wildman–Crippen LogP) is 3.84. The smallest absolute Gasteiger partial charge is 0.205 e. The molecule has 0 spiro atoms. The van der Waals surface area contributed by atoms with Crippen molar-refractivity contribution in [1.29, 1.82) is 0 Å². The van der Waals surface area contributed by atoms with Gasteiger partial charge in [0.15, 0.2) is 0 Å². The topological polar surface area (TPSA) is 38.4 Å². The van der Waals surface area contributed by atoms with E-state index in [4.69, 9.17) is 0 Å². The van der Waals surface area contributed by atoms with E-state index >= 15 is 0 Å². The molecule has 1 unspecified atom stereocenters. The van der Waals surface area contributed by atoms with Gasteiger partial charge in [-0.05, 0) is 31.5 Å². The van der Waals surface area contributed by atoms with Crippen LogP contribution < -0.4 is 0 Å². The quantitative estimate of drug-likeness (QED) is 0.265. The minimum atomic E-state index is 0.139.